The Labute approximate surface area is 133 Å². The van der Waals surface area contributed by atoms with Gasteiger partial charge in [-0.2, -0.15) is 5.10 Å². The van der Waals surface area contributed by atoms with E-state index in [1.807, 2.05) is 36.4 Å². The minimum atomic E-state index is -0.0603. The summed E-state index contributed by atoms with van der Waals surface area (Å²) in [6, 6.07) is 11.7. The first-order valence-corrected chi connectivity index (χ1v) is 7.74. The Balaban J connectivity index is 1.37. The van der Waals surface area contributed by atoms with Gasteiger partial charge >= 0.3 is 0 Å². The van der Waals surface area contributed by atoms with E-state index in [2.05, 4.69) is 15.5 Å². The number of hydrogen-bond donors (Lipinski definition) is 2. The van der Waals surface area contributed by atoms with Gasteiger partial charge in [-0.15, -0.1) is 0 Å². The van der Waals surface area contributed by atoms with E-state index in [9.17, 15) is 4.79 Å². The molecule has 2 N–H and O–H groups in total. The smallest absolute Gasteiger partial charge is 0.229 e. The monoisotopic (exact) mass is 307 g/mol. The lowest BCUT2D eigenvalue weighted by Crippen LogP contribution is -2.14. The molecule has 0 spiro atoms. The maximum Gasteiger partial charge on any atom is 0.229 e. The lowest BCUT2D eigenvalue weighted by Gasteiger charge is -2.03. The van der Waals surface area contributed by atoms with Gasteiger partial charge in [-0.1, -0.05) is 24.3 Å². The van der Waals surface area contributed by atoms with Gasteiger partial charge in [-0.05, 0) is 30.0 Å². The van der Waals surface area contributed by atoms with E-state index < -0.39 is 0 Å². The first-order valence-electron chi connectivity index (χ1n) is 7.74. The van der Waals surface area contributed by atoms with Crippen molar-refractivity contribution in [2.45, 2.75) is 25.2 Å². The average Bonchev–Trinajstić information content (AvgIpc) is 3.07. The predicted octanol–water partition coefficient (Wildman–Crippen LogP) is 3.73. The summed E-state index contributed by atoms with van der Waals surface area (Å²) < 4.78 is 5.08. The number of furan rings is 1. The topological polar surface area (TPSA) is 70.9 Å². The molecular formula is C18H17N3O2. The third-order valence-corrected chi connectivity index (χ3v) is 4.06. The summed E-state index contributed by atoms with van der Waals surface area (Å²) in [5, 5.41) is 9.97. The number of aromatic nitrogens is 2. The molecule has 2 heterocycles. The summed E-state index contributed by atoms with van der Waals surface area (Å²) in [4.78, 5) is 12.1. The zero-order valence-electron chi connectivity index (χ0n) is 12.6. The lowest BCUT2D eigenvalue weighted by molar-refractivity contribution is -0.115. The van der Waals surface area contributed by atoms with Gasteiger partial charge in [0, 0.05) is 23.2 Å². The number of carbonyl (C=O) groups excluding carboxylic acids is 1. The fraction of sp³-hybridized carbons (Fsp3) is 0.222. The minimum absolute atomic E-state index is 0.0603. The van der Waals surface area contributed by atoms with Crippen molar-refractivity contribution in [3.63, 3.8) is 0 Å². The average molecular weight is 307 g/mol. The molecule has 0 saturated heterocycles. The molecule has 0 bridgehead atoms. The maximum absolute atomic E-state index is 12.1. The van der Waals surface area contributed by atoms with Crippen molar-refractivity contribution in [3.8, 4) is 11.1 Å². The number of rotatable bonds is 5. The molecule has 0 radical (unpaired) electrons. The Morgan fingerprint density at radius 1 is 1.22 bits per heavy atom. The second-order valence-electron chi connectivity index (χ2n) is 5.92. The minimum Gasteiger partial charge on any atom is -0.472 e. The summed E-state index contributed by atoms with van der Waals surface area (Å²) in [6.07, 6.45) is 6.10. The molecule has 1 saturated carbocycles. The van der Waals surface area contributed by atoms with Crippen LogP contribution in [0.2, 0.25) is 0 Å². The third kappa shape index (κ3) is 3.18. The number of aromatic amines is 1. The summed E-state index contributed by atoms with van der Waals surface area (Å²) in [5.41, 5.74) is 4.19. The van der Waals surface area contributed by atoms with Crippen molar-refractivity contribution >= 4 is 11.7 Å². The molecule has 1 aliphatic carbocycles. The van der Waals surface area contributed by atoms with Crippen LogP contribution in [-0.4, -0.2) is 16.1 Å². The molecule has 3 aromatic rings. The van der Waals surface area contributed by atoms with Crippen molar-refractivity contribution in [1.82, 2.24) is 10.2 Å². The molecule has 2 aromatic heterocycles. The predicted molar refractivity (Wildman–Crippen MR) is 87.0 cm³/mol. The highest BCUT2D eigenvalue weighted by molar-refractivity contribution is 5.91. The van der Waals surface area contributed by atoms with Crippen LogP contribution in [0.1, 0.15) is 30.0 Å². The lowest BCUT2D eigenvalue weighted by atomic mass is 10.1. The van der Waals surface area contributed by atoms with E-state index in [0.717, 1.165) is 22.4 Å². The van der Waals surface area contributed by atoms with Crippen LogP contribution < -0.4 is 5.32 Å². The van der Waals surface area contributed by atoms with E-state index in [1.54, 1.807) is 12.5 Å². The van der Waals surface area contributed by atoms with Gasteiger partial charge in [-0.25, -0.2) is 0 Å². The van der Waals surface area contributed by atoms with E-state index >= 15 is 0 Å². The van der Waals surface area contributed by atoms with Crippen LogP contribution in [-0.2, 0) is 11.2 Å². The highest BCUT2D eigenvalue weighted by atomic mass is 16.3. The highest BCUT2D eigenvalue weighted by Crippen LogP contribution is 2.39. The van der Waals surface area contributed by atoms with Crippen LogP contribution in [0.3, 0.4) is 0 Å². The van der Waals surface area contributed by atoms with Crippen LogP contribution in [0.5, 0.6) is 0 Å². The van der Waals surface area contributed by atoms with Gasteiger partial charge < -0.3 is 9.73 Å². The molecular weight excluding hydrogens is 290 g/mol. The number of nitrogens with zero attached hydrogens (tertiary/aromatic N) is 1. The molecule has 0 atom stereocenters. The fourth-order valence-corrected chi connectivity index (χ4v) is 2.62. The molecule has 23 heavy (non-hydrogen) atoms. The number of nitrogens with one attached hydrogen (secondary N) is 2. The van der Waals surface area contributed by atoms with E-state index in [0.29, 0.717) is 18.2 Å². The summed E-state index contributed by atoms with van der Waals surface area (Å²) in [6.45, 7) is 0. The van der Waals surface area contributed by atoms with E-state index in [4.69, 9.17) is 4.42 Å². The van der Waals surface area contributed by atoms with Crippen molar-refractivity contribution in [3.05, 3.63) is 60.2 Å². The van der Waals surface area contributed by atoms with Gasteiger partial charge in [0.15, 0.2) is 5.82 Å². The Kier molecular flexibility index (Phi) is 3.46. The van der Waals surface area contributed by atoms with Crippen molar-refractivity contribution in [2.24, 2.45) is 0 Å². The number of H-pyrrole nitrogens is 1. The number of carbonyl (C=O) groups is 1. The number of benzene rings is 1. The normalized spacial score (nSPS) is 13.9. The molecule has 4 rings (SSSR count). The van der Waals surface area contributed by atoms with Gasteiger partial charge in [0.25, 0.3) is 0 Å². The van der Waals surface area contributed by atoms with Crippen LogP contribution in [0.15, 0.2) is 53.3 Å². The molecule has 5 nitrogen and oxygen atoms in total. The van der Waals surface area contributed by atoms with Crippen LogP contribution in [0, 0.1) is 0 Å². The Hall–Kier alpha value is -2.82. The molecule has 1 fully saturated rings. The quantitative estimate of drug-likeness (QED) is 0.754. The third-order valence-electron chi connectivity index (χ3n) is 4.06. The van der Waals surface area contributed by atoms with Gasteiger partial charge in [0.2, 0.25) is 5.91 Å². The summed E-state index contributed by atoms with van der Waals surface area (Å²) in [5.74, 6) is 1.14. The van der Waals surface area contributed by atoms with Crippen LogP contribution in [0.25, 0.3) is 11.1 Å². The molecule has 1 aromatic carbocycles. The SMILES string of the molecule is O=C(Cc1ccc(-c2ccoc2)cc1)Nc1cc(C2CC2)[nH]n1. The zero-order valence-corrected chi connectivity index (χ0v) is 12.6. The second-order valence-corrected chi connectivity index (χ2v) is 5.92. The standard InChI is InChI=1S/C18H17N3O2/c22-18(19-17-10-16(20-21-17)14-5-6-14)9-12-1-3-13(4-2-12)15-7-8-23-11-15/h1-4,7-8,10-11,14H,5-6,9H2,(H2,19,20,21,22). The Morgan fingerprint density at radius 3 is 2.74 bits per heavy atom. The van der Waals surface area contributed by atoms with Crippen LogP contribution >= 0.6 is 0 Å². The van der Waals surface area contributed by atoms with E-state index in [-0.39, 0.29) is 5.91 Å². The molecule has 1 aliphatic rings. The van der Waals surface area contributed by atoms with Gasteiger partial charge in [-0.3, -0.25) is 9.89 Å². The Bertz CT molecular complexity index is 799. The molecule has 0 unspecified atom stereocenters. The van der Waals surface area contributed by atoms with Crippen molar-refractivity contribution in [1.29, 1.82) is 0 Å². The Morgan fingerprint density at radius 2 is 2.04 bits per heavy atom. The van der Waals surface area contributed by atoms with Gasteiger partial charge in [0.1, 0.15) is 0 Å². The summed E-state index contributed by atoms with van der Waals surface area (Å²) >= 11 is 0. The highest BCUT2D eigenvalue weighted by Gasteiger charge is 2.25. The summed E-state index contributed by atoms with van der Waals surface area (Å²) in [7, 11) is 0. The molecule has 1 amide bonds. The van der Waals surface area contributed by atoms with Crippen LogP contribution in [0.4, 0.5) is 5.82 Å². The van der Waals surface area contributed by atoms with Crippen molar-refractivity contribution < 1.29 is 9.21 Å². The largest absolute Gasteiger partial charge is 0.472 e. The van der Waals surface area contributed by atoms with Gasteiger partial charge in [0.05, 0.1) is 18.9 Å². The fourth-order valence-electron chi connectivity index (χ4n) is 2.62. The first-order chi connectivity index (χ1) is 11.3. The zero-order chi connectivity index (χ0) is 15.6. The van der Waals surface area contributed by atoms with E-state index in [1.165, 1.54) is 12.8 Å². The number of amides is 1. The second kappa shape index (κ2) is 5.76. The van der Waals surface area contributed by atoms with Crippen molar-refractivity contribution in [2.75, 3.05) is 5.32 Å². The molecule has 0 aliphatic heterocycles. The molecule has 5 heteroatoms. The molecule has 116 valence electrons. The maximum atomic E-state index is 12.1. The first kappa shape index (κ1) is 13.8. The number of anilines is 1. The number of hydrogen-bond acceptors (Lipinski definition) is 3.